The number of carboxylic acid groups (broad SMARTS) is 1. The van der Waals surface area contributed by atoms with E-state index in [1.807, 2.05) is 0 Å². The van der Waals surface area contributed by atoms with E-state index in [0.29, 0.717) is 12.1 Å². The van der Waals surface area contributed by atoms with Crippen LogP contribution in [0.5, 0.6) is 0 Å². The first kappa shape index (κ1) is 12.6. The zero-order chi connectivity index (χ0) is 13.4. The Morgan fingerprint density at radius 3 is 2.68 bits per heavy atom. The second kappa shape index (κ2) is 4.90. The molecule has 0 amide bonds. The summed E-state index contributed by atoms with van der Waals surface area (Å²) in [6.45, 7) is 2.05. The van der Waals surface area contributed by atoms with E-state index in [9.17, 15) is 9.18 Å². The molecule has 0 aliphatic carbocycles. The fourth-order valence-corrected chi connectivity index (χ4v) is 2.90. The summed E-state index contributed by atoms with van der Waals surface area (Å²) in [4.78, 5) is 13.1. The number of nitrogens with zero attached hydrogens (tertiary/aromatic N) is 1. The molecule has 2 heterocycles. The first-order valence-corrected chi connectivity index (χ1v) is 6.51. The van der Waals surface area contributed by atoms with Crippen LogP contribution >= 0.6 is 0 Å². The third-order valence-electron chi connectivity index (χ3n) is 3.81. The van der Waals surface area contributed by atoms with Gasteiger partial charge in [-0.3, -0.25) is 4.90 Å². The van der Waals surface area contributed by atoms with E-state index >= 15 is 0 Å². The summed E-state index contributed by atoms with van der Waals surface area (Å²) < 4.78 is 19.5. The second-order valence-electron chi connectivity index (χ2n) is 5.26. The van der Waals surface area contributed by atoms with Crippen LogP contribution in [0.2, 0.25) is 0 Å². The summed E-state index contributed by atoms with van der Waals surface area (Å²) in [5, 5.41) is 8.94. The maximum atomic E-state index is 13.7. The monoisotopic (exact) mass is 265 g/mol. The molecule has 2 saturated heterocycles. The highest BCUT2D eigenvalue weighted by atomic mass is 19.1. The molecular formula is C14H16FNO3. The van der Waals surface area contributed by atoms with Crippen molar-refractivity contribution in [2.75, 3.05) is 13.1 Å². The zero-order valence-electron chi connectivity index (χ0n) is 10.5. The van der Waals surface area contributed by atoms with Crippen molar-refractivity contribution in [1.29, 1.82) is 0 Å². The molecule has 2 atom stereocenters. The number of carboxylic acids is 1. The van der Waals surface area contributed by atoms with E-state index in [2.05, 4.69) is 4.90 Å². The van der Waals surface area contributed by atoms with Gasteiger partial charge in [-0.05, 0) is 31.0 Å². The number of morpholine rings is 1. The van der Waals surface area contributed by atoms with E-state index in [4.69, 9.17) is 9.84 Å². The number of rotatable bonds is 3. The Hall–Kier alpha value is -1.46. The Bertz CT molecular complexity index is 493. The van der Waals surface area contributed by atoms with Crippen molar-refractivity contribution in [3.8, 4) is 0 Å². The lowest BCUT2D eigenvalue weighted by Crippen LogP contribution is -2.42. The van der Waals surface area contributed by atoms with E-state index < -0.39 is 5.97 Å². The minimum atomic E-state index is -1.02. The Labute approximate surface area is 110 Å². The predicted molar refractivity (Wildman–Crippen MR) is 66.5 cm³/mol. The van der Waals surface area contributed by atoms with Crippen LogP contribution in [0.15, 0.2) is 18.2 Å². The van der Waals surface area contributed by atoms with Gasteiger partial charge in [-0.15, -0.1) is 0 Å². The van der Waals surface area contributed by atoms with Crippen molar-refractivity contribution in [2.45, 2.75) is 31.6 Å². The van der Waals surface area contributed by atoms with Crippen LogP contribution in [0.25, 0.3) is 0 Å². The lowest BCUT2D eigenvalue weighted by atomic mass is 10.1. The fourth-order valence-electron chi connectivity index (χ4n) is 2.90. The molecule has 0 aromatic heterocycles. The molecule has 2 unspecified atom stereocenters. The smallest absolute Gasteiger partial charge is 0.335 e. The summed E-state index contributed by atoms with van der Waals surface area (Å²) in [5.74, 6) is -1.37. The van der Waals surface area contributed by atoms with Gasteiger partial charge in [0.1, 0.15) is 5.82 Å². The number of carbonyl (C=O) groups is 1. The number of hydrogen-bond acceptors (Lipinski definition) is 3. The summed E-state index contributed by atoms with van der Waals surface area (Å²) in [6, 6.07) is 3.95. The molecule has 0 radical (unpaired) electrons. The number of hydrogen-bond donors (Lipinski definition) is 1. The van der Waals surface area contributed by atoms with Gasteiger partial charge in [0, 0.05) is 25.2 Å². The third kappa shape index (κ3) is 2.62. The van der Waals surface area contributed by atoms with Gasteiger partial charge in [0.05, 0.1) is 17.8 Å². The van der Waals surface area contributed by atoms with Gasteiger partial charge in [-0.25, -0.2) is 9.18 Å². The molecule has 0 spiro atoms. The van der Waals surface area contributed by atoms with Crippen molar-refractivity contribution in [3.63, 3.8) is 0 Å². The van der Waals surface area contributed by atoms with E-state index in [0.717, 1.165) is 25.9 Å². The first-order valence-electron chi connectivity index (χ1n) is 6.51. The van der Waals surface area contributed by atoms with Crippen LogP contribution in [-0.2, 0) is 11.3 Å². The van der Waals surface area contributed by atoms with Crippen LogP contribution in [-0.4, -0.2) is 41.3 Å². The molecule has 1 aromatic rings. The number of benzene rings is 1. The van der Waals surface area contributed by atoms with E-state index in [1.54, 1.807) is 0 Å². The van der Waals surface area contributed by atoms with Gasteiger partial charge in [0.2, 0.25) is 0 Å². The van der Waals surface area contributed by atoms with Crippen molar-refractivity contribution in [2.24, 2.45) is 0 Å². The number of fused-ring (bicyclic) bond motifs is 2. The average molecular weight is 265 g/mol. The molecule has 2 fully saturated rings. The fraction of sp³-hybridized carbons (Fsp3) is 0.500. The molecule has 2 bridgehead atoms. The standard InChI is InChI=1S/C14H16FNO3/c15-13-4-1-9(14(17)18)5-10(13)6-16-7-11-2-3-12(8-16)19-11/h1,4-5,11-12H,2-3,6-8H2,(H,17,18). The highest BCUT2D eigenvalue weighted by Crippen LogP contribution is 2.27. The molecule has 3 rings (SSSR count). The lowest BCUT2D eigenvalue weighted by Gasteiger charge is -2.32. The van der Waals surface area contributed by atoms with Crippen LogP contribution in [0.3, 0.4) is 0 Å². The quantitative estimate of drug-likeness (QED) is 0.906. The molecule has 1 N–H and O–H groups in total. The molecule has 2 aliphatic heterocycles. The number of halogens is 1. The largest absolute Gasteiger partial charge is 0.478 e. The number of ether oxygens (including phenoxy) is 1. The van der Waals surface area contributed by atoms with Gasteiger partial charge in [-0.1, -0.05) is 0 Å². The third-order valence-corrected chi connectivity index (χ3v) is 3.81. The molecule has 2 aliphatic rings. The predicted octanol–water partition coefficient (Wildman–Crippen LogP) is 1.89. The zero-order valence-corrected chi connectivity index (χ0v) is 10.5. The molecule has 1 aromatic carbocycles. The summed E-state index contributed by atoms with van der Waals surface area (Å²) >= 11 is 0. The number of likely N-dealkylation sites (tertiary alicyclic amines) is 1. The second-order valence-corrected chi connectivity index (χ2v) is 5.26. The molecule has 0 saturated carbocycles. The maximum absolute atomic E-state index is 13.7. The Morgan fingerprint density at radius 2 is 2.05 bits per heavy atom. The van der Waals surface area contributed by atoms with Gasteiger partial charge < -0.3 is 9.84 Å². The Kier molecular flexibility index (Phi) is 3.24. The normalized spacial score (nSPS) is 26.6. The highest BCUT2D eigenvalue weighted by Gasteiger charge is 2.33. The van der Waals surface area contributed by atoms with Crippen LogP contribution in [0, 0.1) is 5.82 Å². The Balaban J connectivity index is 1.75. The van der Waals surface area contributed by atoms with Gasteiger partial charge in [-0.2, -0.15) is 0 Å². The molecule has 4 nitrogen and oxygen atoms in total. The lowest BCUT2D eigenvalue weighted by molar-refractivity contribution is -0.0413. The van der Waals surface area contributed by atoms with Crippen molar-refractivity contribution >= 4 is 5.97 Å². The van der Waals surface area contributed by atoms with E-state index in [-0.39, 0.29) is 23.6 Å². The van der Waals surface area contributed by atoms with Gasteiger partial charge in [0.25, 0.3) is 0 Å². The van der Waals surface area contributed by atoms with Gasteiger partial charge in [0.15, 0.2) is 0 Å². The minimum Gasteiger partial charge on any atom is -0.478 e. The Morgan fingerprint density at radius 1 is 1.37 bits per heavy atom. The summed E-state index contributed by atoms with van der Waals surface area (Å²) in [7, 11) is 0. The number of aromatic carboxylic acids is 1. The van der Waals surface area contributed by atoms with Gasteiger partial charge >= 0.3 is 5.97 Å². The first-order chi connectivity index (χ1) is 9.11. The van der Waals surface area contributed by atoms with E-state index in [1.165, 1.54) is 18.2 Å². The van der Waals surface area contributed by atoms with Crippen LogP contribution < -0.4 is 0 Å². The molecule has 5 heteroatoms. The molecular weight excluding hydrogens is 249 g/mol. The minimum absolute atomic E-state index is 0.132. The van der Waals surface area contributed by atoms with Crippen molar-refractivity contribution in [3.05, 3.63) is 35.1 Å². The molecule has 102 valence electrons. The topological polar surface area (TPSA) is 49.8 Å². The molecule has 19 heavy (non-hydrogen) atoms. The summed E-state index contributed by atoms with van der Waals surface area (Å²) in [6.07, 6.45) is 2.64. The van der Waals surface area contributed by atoms with Crippen LogP contribution in [0.4, 0.5) is 4.39 Å². The van der Waals surface area contributed by atoms with Crippen molar-refractivity contribution < 1.29 is 19.0 Å². The van der Waals surface area contributed by atoms with Crippen molar-refractivity contribution in [1.82, 2.24) is 4.90 Å². The SMILES string of the molecule is O=C(O)c1ccc(F)c(CN2CC3CCC(C2)O3)c1. The maximum Gasteiger partial charge on any atom is 0.335 e. The highest BCUT2D eigenvalue weighted by molar-refractivity contribution is 5.87. The average Bonchev–Trinajstić information content (AvgIpc) is 2.71. The summed E-state index contributed by atoms with van der Waals surface area (Å²) in [5.41, 5.74) is 0.578. The van der Waals surface area contributed by atoms with Crippen LogP contribution in [0.1, 0.15) is 28.8 Å².